The summed E-state index contributed by atoms with van der Waals surface area (Å²) in [6.45, 7) is 0.731. The largest absolute Gasteiger partial charge is 0.481 e. The highest BCUT2D eigenvalue weighted by atomic mass is 127. The lowest BCUT2D eigenvalue weighted by Crippen LogP contribution is -2.43. The van der Waals surface area contributed by atoms with Crippen molar-refractivity contribution in [3.05, 3.63) is 33.4 Å². The third-order valence-corrected chi connectivity index (χ3v) is 4.39. The monoisotopic (exact) mass is 387 g/mol. The maximum absolute atomic E-state index is 12.5. The van der Waals surface area contributed by atoms with E-state index in [0.29, 0.717) is 12.0 Å². The number of nitrogens with zero attached hydrogens (tertiary/aromatic N) is 1. The van der Waals surface area contributed by atoms with Gasteiger partial charge >= 0.3 is 5.97 Å². The average Bonchev–Trinajstić information content (AvgIpc) is 2.45. The van der Waals surface area contributed by atoms with Crippen molar-refractivity contribution >= 4 is 34.5 Å². The van der Waals surface area contributed by atoms with Gasteiger partial charge in [-0.15, -0.1) is 0 Å². The van der Waals surface area contributed by atoms with Crippen LogP contribution in [0.4, 0.5) is 0 Å². The predicted molar refractivity (Wildman–Crippen MR) is 84.7 cm³/mol. The molecule has 20 heavy (non-hydrogen) atoms. The van der Waals surface area contributed by atoms with Gasteiger partial charge in [0.2, 0.25) is 0 Å². The molecule has 1 aromatic rings. The van der Waals surface area contributed by atoms with Crippen LogP contribution in [-0.4, -0.2) is 34.5 Å². The molecule has 1 aliphatic heterocycles. The summed E-state index contributed by atoms with van der Waals surface area (Å²) in [4.78, 5) is 25.1. The van der Waals surface area contributed by atoms with Crippen molar-refractivity contribution < 1.29 is 14.7 Å². The van der Waals surface area contributed by atoms with E-state index in [4.69, 9.17) is 5.11 Å². The van der Waals surface area contributed by atoms with Crippen molar-refractivity contribution in [1.82, 2.24) is 4.90 Å². The zero-order chi connectivity index (χ0) is 14.5. The number of carboxylic acids is 1. The van der Waals surface area contributed by atoms with Gasteiger partial charge in [-0.25, -0.2) is 0 Å². The molecule has 1 amide bonds. The van der Waals surface area contributed by atoms with Crippen molar-refractivity contribution in [2.24, 2.45) is 0 Å². The van der Waals surface area contributed by atoms with Gasteiger partial charge in [-0.2, -0.15) is 0 Å². The number of likely N-dealkylation sites (tertiary alicyclic amines) is 1. The van der Waals surface area contributed by atoms with Gasteiger partial charge in [0.05, 0.1) is 0 Å². The number of rotatable bonds is 4. The molecule has 1 aromatic carbocycles. The Labute approximate surface area is 132 Å². The Bertz CT molecular complexity index is 486. The van der Waals surface area contributed by atoms with Crippen molar-refractivity contribution in [3.63, 3.8) is 0 Å². The third-order valence-electron chi connectivity index (χ3n) is 3.67. The first-order chi connectivity index (χ1) is 9.58. The van der Waals surface area contributed by atoms with Crippen LogP contribution < -0.4 is 0 Å². The molecule has 5 heteroatoms. The van der Waals surface area contributed by atoms with Gasteiger partial charge in [0.25, 0.3) is 5.91 Å². The van der Waals surface area contributed by atoms with Gasteiger partial charge < -0.3 is 10.0 Å². The number of piperidine rings is 1. The summed E-state index contributed by atoms with van der Waals surface area (Å²) in [6, 6.07) is 7.58. The van der Waals surface area contributed by atoms with Gasteiger partial charge in [-0.1, -0.05) is 0 Å². The van der Waals surface area contributed by atoms with Gasteiger partial charge in [0.15, 0.2) is 0 Å². The Balaban J connectivity index is 2.08. The Hall–Kier alpha value is -1.11. The summed E-state index contributed by atoms with van der Waals surface area (Å²) in [6.07, 6.45) is 3.65. The van der Waals surface area contributed by atoms with Crippen LogP contribution in [0.2, 0.25) is 0 Å². The van der Waals surface area contributed by atoms with E-state index in [0.717, 1.165) is 29.4 Å². The Morgan fingerprint density at radius 1 is 1.25 bits per heavy atom. The Kier molecular flexibility index (Phi) is 5.39. The molecule has 1 fully saturated rings. The quantitative estimate of drug-likeness (QED) is 0.808. The van der Waals surface area contributed by atoms with Crippen molar-refractivity contribution in [3.8, 4) is 0 Å². The maximum Gasteiger partial charge on any atom is 0.303 e. The summed E-state index contributed by atoms with van der Waals surface area (Å²) in [5.74, 6) is -0.770. The summed E-state index contributed by atoms with van der Waals surface area (Å²) in [5, 5.41) is 8.81. The molecule has 0 saturated carbocycles. The number of hydrogen-bond acceptors (Lipinski definition) is 2. The van der Waals surface area contributed by atoms with Gasteiger partial charge in [-0.3, -0.25) is 9.59 Å². The lowest BCUT2D eigenvalue weighted by Gasteiger charge is -2.35. The molecule has 1 atom stereocenters. The van der Waals surface area contributed by atoms with E-state index in [1.165, 1.54) is 0 Å². The number of aliphatic carboxylic acids is 1. The smallest absolute Gasteiger partial charge is 0.303 e. The fraction of sp³-hybridized carbons (Fsp3) is 0.467. The number of carbonyl (C=O) groups excluding carboxylic acids is 1. The fourth-order valence-electron chi connectivity index (χ4n) is 2.62. The second-order valence-electron chi connectivity index (χ2n) is 5.09. The van der Waals surface area contributed by atoms with Gasteiger partial charge in [-0.05, 0) is 72.5 Å². The molecule has 1 saturated heterocycles. The van der Waals surface area contributed by atoms with E-state index in [2.05, 4.69) is 22.6 Å². The van der Waals surface area contributed by atoms with Crippen molar-refractivity contribution in [2.75, 3.05) is 6.54 Å². The summed E-state index contributed by atoms with van der Waals surface area (Å²) in [5.41, 5.74) is 0.688. The van der Waals surface area contributed by atoms with Gasteiger partial charge in [0.1, 0.15) is 0 Å². The lowest BCUT2D eigenvalue weighted by molar-refractivity contribution is -0.137. The van der Waals surface area contributed by atoms with Crippen LogP contribution in [0.5, 0.6) is 0 Å². The minimum absolute atomic E-state index is 0.0245. The van der Waals surface area contributed by atoms with E-state index >= 15 is 0 Å². The highest BCUT2D eigenvalue weighted by Gasteiger charge is 2.27. The zero-order valence-corrected chi connectivity index (χ0v) is 13.4. The van der Waals surface area contributed by atoms with Crippen LogP contribution in [-0.2, 0) is 4.79 Å². The molecular weight excluding hydrogens is 369 g/mol. The number of hydrogen-bond donors (Lipinski definition) is 1. The molecule has 4 nitrogen and oxygen atoms in total. The lowest BCUT2D eigenvalue weighted by atomic mass is 9.97. The topological polar surface area (TPSA) is 57.6 Å². The van der Waals surface area contributed by atoms with E-state index in [9.17, 15) is 9.59 Å². The molecule has 0 spiro atoms. The SMILES string of the molecule is O=C(O)CCC1CCCCN1C(=O)c1ccc(I)cc1. The molecule has 0 aromatic heterocycles. The zero-order valence-electron chi connectivity index (χ0n) is 11.2. The van der Waals surface area contributed by atoms with E-state index in [1.54, 1.807) is 0 Å². The van der Waals surface area contributed by atoms with E-state index in [-0.39, 0.29) is 18.4 Å². The van der Waals surface area contributed by atoms with Crippen LogP contribution in [0.15, 0.2) is 24.3 Å². The highest BCUT2D eigenvalue weighted by Crippen LogP contribution is 2.23. The molecule has 2 rings (SSSR count). The average molecular weight is 387 g/mol. The summed E-state index contributed by atoms with van der Waals surface area (Å²) < 4.78 is 1.10. The first-order valence-corrected chi connectivity index (χ1v) is 7.94. The Morgan fingerprint density at radius 3 is 2.60 bits per heavy atom. The predicted octanol–water partition coefficient (Wildman–Crippen LogP) is 3.15. The number of amides is 1. The first-order valence-electron chi connectivity index (χ1n) is 6.86. The minimum Gasteiger partial charge on any atom is -0.481 e. The number of carboxylic acid groups (broad SMARTS) is 1. The molecule has 0 aliphatic carbocycles. The van der Waals surface area contributed by atoms with E-state index < -0.39 is 5.97 Å². The van der Waals surface area contributed by atoms with Crippen LogP contribution in [0.3, 0.4) is 0 Å². The fourth-order valence-corrected chi connectivity index (χ4v) is 2.98. The third kappa shape index (κ3) is 3.94. The Morgan fingerprint density at radius 2 is 1.95 bits per heavy atom. The summed E-state index contributed by atoms with van der Waals surface area (Å²) in [7, 11) is 0. The molecule has 1 aliphatic rings. The van der Waals surface area contributed by atoms with Crippen molar-refractivity contribution in [2.45, 2.75) is 38.1 Å². The van der Waals surface area contributed by atoms with Crippen LogP contribution in [0.25, 0.3) is 0 Å². The molecule has 1 heterocycles. The second-order valence-corrected chi connectivity index (χ2v) is 6.33. The maximum atomic E-state index is 12.5. The molecule has 0 radical (unpaired) electrons. The summed E-state index contributed by atoms with van der Waals surface area (Å²) >= 11 is 2.21. The van der Waals surface area contributed by atoms with Gasteiger partial charge in [0, 0.05) is 28.1 Å². The first kappa shape index (κ1) is 15.3. The minimum atomic E-state index is -0.794. The van der Waals surface area contributed by atoms with Crippen LogP contribution in [0, 0.1) is 3.57 Å². The van der Waals surface area contributed by atoms with Crippen LogP contribution >= 0.6 is 22.6 Å². The number of benzene rings is 1. The number of halogens is 1. The van der Waals surface area contributed by atoms with E-state index in [1.807, 2.05) is 29.2 Å². The molecule has 108 valence electrons. The highest BCUT2D eigenvalue weighted by molar-refractivity contribution is 14.1. The molecular formula is C15H18INO3. The molecule has 1 N–H and O–H groups in total. The van der Waals surface area contributed by atoms with Crippen molar-refractivity contribution in [1.29, 1.82) is 0 Å². The van der Waals surface area contributed by atoms with Crippen LogP contribution in [0.1, 0.15) is 42.5 Å². The second kappa shape index (κ2) is 7.06. The normalized spacial score (nSPS) is 18.9. The molecule has 1 unspecified atom stereocenters. The standard InChI is InChI=1S/C15H18INO3/c16-12-6-4-11(5-7-12)15(20)17-10-2-1-3-13(17)8-9-14(18)19/h4-7,13H,1-3,8-10H2,(H,18,19). The molecule has 0 bridgehead atoms. The number of carbonyl (C=O) groups is 2.